The number of amides is 1. The Morgan fingerprint density at radius 3 is 2.64 bits per heavy atom. The number of methoxy groups -OCH3 is 1. The van der Waals surface area contributed by atoms with Crippen molar-refractivity contribution in [2.75, 3.05) is 32.1 Å². The summed E-state index contributed by atoms with van der Waals surface area (Å²) in [5.41, 5.74) is 0.860. The normalized spacial score (nSPS) is 13.9. The zero-order chi connectivity index (χ0) is 19.7. The quantitative estimate of drug-likeness (QED) is 0.668. The standard InChI is InChI=1S/C19H18FN5O3/c1-24(19(26)15-7-8-23-28-15)13-9-25(10-13)18-16(20)17(21-11-22-18)12-3-5-14(27-2)6-4-12/h3-8,11,13H,9-10H2,1-2H3. The smallest absolute Gasteiger partial charge is 0.292 e. The lowest BCUT2D eigenvalue weighted by Crippen LogP contribution is -2.60. The first-order valence-corrected chi connectivity index (χ1v) is 8.66. The van der Waals surface area contributed by atoms with Crippen molar-refractivity contribution in [1.29, 1.82) is 0 Å². The number of likely N-dealkylation sites (N-methyl/N-ethyl adjacent to an activating group) is 1. The van der Waals surface area contributed by atoms with Gasteiger partial charge in [0.25, 0.3) is 5.91 Å². The zero-order valence-electron chi connectivity index (χ0n) is 15.4. The minimum Gasteiger partial charge on any atom is -0.497 e. The van der Waals surface area contributed by atoms with Gasteiger partial charge in [0, 0.05) is 31.8 Å². The average molecular weight is 383 g/mol. The van der Waals surface area contributed by atoms with E-state index < -0.39 is 5.82 Å². The van der Waals surface area contributed by atoms with E-state index in [9.17, 15) is 4.79 Å². The predicted molar refractivity (Wildman–Crippen MR) is 98.6 cm³/mol. The van der Waals surface area contributed by atoms with Crippen LogP contribution in [0, 0.1) is 5.82 Å². The van der Waals surface area contributed by atoms with Crippen LogP contribution in [0.1, 0.15) is 10.6 Å². The molecule has 0 aliphatic carbocycles. The van der Waals surface area contributed by atoms with Crippen LogP contribution in [0.5, 0.6) is 5.75 Å². The molecule has 1 amide bonds. The minimum atomic E-state index is -0.490. The molecule has 0 unspecified atom stereocenters. The van der Waals surface area contributed by atoms with Crippen LogP contribution in [0.2, 0.25) is 0 Å². The summed E-state index contributed by atoms with van der Waals surface area (Å²) < 4.78 is 25.0. The van der Waals surface area contributed by atoms with Crippen molar-refractivity contribution in [3.05, 3.63) is 54.4 Å². The highest BCUT2D eigenvalue weighted by molar-refractivity contribution is 5.91. The second kappa shape index (κ2) is 7.26. The fourth-order valence-corrected chi connectivity index (χ4v) is 3.07. The lowest BCUT2D eigenvalue weighted by atomic mass is 10.1. The number of hydrogen-bond donors (Lipinski definition) is 0. The van der Waals surface area contributed by atoms with Gasteiger partial charge in [-0.1, -0.05) is 5.16 Å². The van der Waals surface area contributed by atoms with E-state index in [-0.39, 0.29) is 29.2 Å². The fourth-order valence-electron chi connectivity index (χ4n) is 3.07. The molecule has 1 saturated heterocycles. The van der Waals surface area contributed by atoms with Gasteiger partial charge in [0.2, 0.25) is 5.76 Å². The van der Waals surface area contributed by atoms with Crippen molar-refractivity contribution in [2.24, 2.45) is 0 Å². The zero-order valence-corrected chi connectivity index (χ0v) is 15.4. The van der Waals surface area contributed by atoms with Crippen LogP contribution >= 0.6 is 0 Å². The minimum absolute atomic E-state index is 0.0728. The summed E-state index contributed by atoms with van der Waals surface area (Å²) >= 11 is 0. The molecular formula is C19H18FN5O3. The summed E-state index contributed by atoms with van der Waals surface area (Å²) in [4.78, 5) is 23.8. The van der Waals surface area contributed by atoms with Gasteiger partial charge < -0.3 is 19.1 Å². The van der Waals surface area contributed by atoms with Gasteiger partial charge >= 0.3 is 0 Å². The van der Waals surface area contributed by atoms with Crippen molar-refractivity contribution in [2.45, 2.75) is 6.04 Å². The molecule has 9 heteroatoms. The second-order valence-electron chi connectivity index (χ2n) is 6.44. The van der Waals surface area contributed by atoms with E-state index in [0.717, 1.165) is 0 Å². The third kappa shape index (κ3) is 3.15. The Labute approximate surface area is 160 Å². The third-order valence-corrected chi connectivity index (χ3v) is 4.81. The topological polar surface area (TPSA) is 84.6 Å². The Morgan fingerprint density at radius 1 is 1.25 bits per heavy atom. The highest BCUT2D eigenvalue weighted by Crippen LogP contribution is 2.30. The first-order chi connectivity index (χ1) is 13.6. The van der Waals surface area contributed by atoms with Gasteiger partial charge in [-0.25, -0.2) is 14.4 Å². The maximum Gasteiger partial charge on any atom is 0.292 e. The van der Waals surface area contributed by atoms with E-state index in [1.54, 1.807) is 48.2 Å². The summed E-state index contributed by atoms with van der Waals surface area (Å²) in [6.45, 7) is 0.929. The van der Waals surface area contributed by atoms with Gasteiger partial charge in [0.05, 0.1) is 19.3 Å². The molecule has 1 aliphatic rings. The Kier molecular flexibility index (Phi) is 4.64. The summed E-state index contributed by atoms with van der Waals surface area (Å²) in [5, 5.41) is 3.55. The molecule has 3 heterocycles. The molecule has 2 aromatic heterocycles. The number of anilines is 1. The van der Waals surface area contributed by atoms with Crippen molar-refractivity contribution in [3.8, 4) is 17.0 Å². The molecule has 1 aromatic carbocycles. The molecule has 4 rings (SSSR count). The van der Waals surface area contributed by atoms with Crippen LogP contribution in [0.4, 0.5) is 10.2 Å². The molecule has 0 spiro atoms. The van der Waals surface area contributed by atoms with Gasteiger partial charge in [-0.05, 0) is 24.3 Å². The molecular weight excluding hydrogens is 365 g/mol. The van der Waals surface area contributed by atoms with Crippen LogP contribution in [0.15, 0.2) is 47.4 Å². The number of nitrogens with zero attached hydrogens (tertiary/aromatic N) is 5. The Balaban J connectivity index is 1.48. The highest BCUT2D eigenvalue weighted by Gasteiger charge is 2.36. The number of halogens is 1. The number of carbonyl (C=O) groups is 1. The van der Waals surface area contributed by atoms with Crippen molar-refractivity contribution >= 4 is 11.7 Å². The number of rotatable bonds is 5. The lowest BCUT2D eigenvalue weighted by Gasteiger charge is -2.44. The van der Waals surface area contributed by atoms with E-state index >= 15 is 4.39 Å². The summed E-state index contributed by atoms with van der Waals surface area (Å²) in [5.74, 6) is 0.330. The Morgan fingerprint density at radius 2 is 2.00 bits per heavy atom. The predicted octanol–water partition coefficient (Wildman–Crippen LogP) is 2.24. The summed E-state index contributed by atoms with van der Waals surface area (Å²) in [6.07, 6.45) is 2.76. The number of carbonyl (C=O) groups excluding carboxylic acids is 1. The van der Waals surface area contributed by atoms with Crippen LogP contribution in [0.25, 0.3) is 11.3 Å². The lowest BCUT2D eigenvalue weighted by molar-refractivity contribution is 0.0662. The first-order valence-electron chi connectivity index (χ1n) is 8.66. The van der Waals surface area contributed by atoms with E-state index in [4.69, 9.17) is 9.26 Å². The van der Waals surface area contributed by atoms with E-state index in [1.165, 1.54) is 18.6 Å². The van der Waals surface area contributed by atoms with Gasteiger partial charge in [0.15, 0.2) is 11.6 Å². The first kappa shape index (κ1) is 17.9. The van der Waals surface area contributed by atoms with E-state index in [1.807, 2.05) is 0 Å². The number of benzene rings is 1. The van der Waals surface area contributed by atoms with Crippen LogP contribution in [0.3, 0.4) is 0 Å². The number of ether oxygens (including phenoxy) is 1. The molecule has 0 atom stereocenters. The molecule has 28 heavy (non-hydrogen) atoms. The monoisotopic (exact) mass is 383 g/mol. The molecule has 1 aliphatic heterocycles. The van der Waals surface area contributed by atoms with E-state index in [2.05, 4.69) is 15.1 Å². The maximum atomic E-state index is 15.0. The van der Waals surface area contributed by atoms with Gasteiger partial charge in [-0.3, -0.25) is 4.79 Å². The third-order valence-electron chi connectivity index (χ3n) is 4.81. The van der Waals surface area contributed by atoms with Crippen molar-refractivity contribution < 1.29 is 18.4 Å². The average Bonchev–Trinajstić information content (AvgIpc) is 3.22. The SMILES string of the molecule is COc1ccc(-c2ncnc(N3CC(N(C)C(=O)c4ccno4)C3)c2F)cc1. The highest BCUT2D eigenvalue weighted by atomic mass is 19.1. The summed E-state index contributed by atoms with van der Waals surface area (Å²) in [7, 11) is 3.26. The van der Waals surface area contributed by atoms with Crippen LogP contribution in [-0.2, 0) is 0 Å². The largest absolute Gasteiger partial charge is 0.497 e. The number of aromatic nitrogens is 3. The Hall–Kier alpha value is -3.49. The van der Waals surface area contributed by atoms with Crippen molar-refractivity contribution in [3.63, 3.8) is 0 Å². The van der Waals surface area contributed by atoms with Crippen LogP contribution in [-0.4, -0.2) is 59.2 Å². The van der Waals surface area contributed by atoms with E-state index in [0.29, 0.717) is 24.4 Å². The second-order valence-corrected chi connectivity index (χ2v) is 6.44. The number of hydrogen-bond acceptors (Lipinski definition) is 7. The fraction of sp³-hybridized carbons (Fsp3) is 0.263. The van der Waals surface area contributed by atoms with Gasteiger partial charge in [0.1, 0.15) is 17.8 Å². The molecule has 0 N–H and O–H groups in total. The molecule has 144 valence electrons. The van der Waals surface area contributed by atoms with Gasteiger partial charge in [-0.2, -0.15) is 0 Å². The molecule has 0 bridgehead atoms. The molecule has 0 radical (unpaired) electrons. The molecule has 1 fully saturated rings. The maximum absolute atomic E-state index is 15.0. The molecule has 0 saturated carbocycles. The molecule has 8 nitrogen and oxygen atoms in total. The van der Waals surface area contributed by atoms with Crippen LogP contribution < -0.4 is 9.64 Å². The summed E-state index contributed by atoms with van der Waals surface area (Å²) in [6, 6.07) is 8.44. The van der Waals surface area contributed by atoms with Crippen molar-refractivity contribution in [1.82, 2.24) is 20.0 Å². The van der Waals surface area contributed by atoms with Gasteiger partial charge in [-0.15, -0.1) is 0 Å². The molecule has 3 aromatic rings. The Bertz CT molecular complexity index is 972.